The van der Waals surface area contributed by atoms with Crippen LogP contribution in [0.5, 0.6) is 0 Å². The monoisotopic (exact) mass is 300 g/mol. The smallest absolute Gasteiger partial charge is 0.326 e. The van der Waals surface area contributed by atoms with E-state index in [9.17, 15) is 14.7 Å². The molecule has 2 heterocycles. The Morgan fingerprint density at radius 2 is 2.18 bits per heavy atom. The number of aliphatic carboxylic acids is 1. The van der Waals surface area contributed by atoms with E-state index >= 15 is 0 Å². The minimum absolute atomic E-state index is 0.101. The van der Waals surface area contributed by atoms with Crippen molar-refractivity contribution in [2.75, 3.05) is 6.54 Å². The zero-order valence-electron chi connectivity index (χ0n) is 12.6. The molecule has 3 rings (SSSR count). The van der Waals surface area contributed by atoms with E-state index in [1.54, 1.807) is 0 Å². The minimum Gasteiger partial charge on any atom is -0.480 e. The number of aryl methyl sites for hydroxylation is 1. The van der Waals surface area contributed by atoms with Gasteiger partial charge in [0.2, 0.25) is 5.91 Å². The molecule has 1 aromatic heterocycles. The van der Waals surface area contributed by atoms with Gasteiger partial charge >= 0.3 is 5.97 Å². The van der Waals surface area contributed by atoms with Crippen LogP contribution in [0, 0.1) is 6.92 Å². The van der Waals surface area contributed by atoms with E-state index in [0.717, 1.165) is 34.9 Å². The van der Waals surface area contributed by atoms with E-state index in [1.807, 2.05) is 31.3 Å². The predicted octanol–water partition coefficient (Wildman–Crippen LogP) is 2.48. The first kappa shape index (κ1) is 14.6. The van der Waals surface area contributed by atoms with Crippen molar-refractivity contribution >= 4 is 22.8 Å². The lowest BCUT2D eigenvalue weighted by Crippen LogP contribution is -2.48. The molecular formula is C17H20N2O3. The highest BCUT2D eigenvalue weighted by Gasteiger charge is 2.32. The first-order valence-corrected chi connectivity index (χ1v) is 7.66. The number of hydrogen-bond acceptors (Lipinski definition) is 2. The molecule has 0 saturated carbocycles. The third-order valence-corrected chi connectivity index (χ3v) is 4.45. The van der Waals surface area contributed by atoms with Gasteiger partial charge in [0.05, 0.1) is 6.42 Å². The number of likely N-dealkylation sites (tertiary alicyclic amines) is 1. The Hall–Kier alpha value is -2.30. The summed E-state index contributed by atoms with van der Waals surface area (Å²) in [6, 6.07) is 5.31. The van der Waals surface area contributed by atoms with Crippen molar-refractivity contribution in [3.63, 3.8) is 0 Å². The molecule has 1 amide bonds. The van der Waals surface area contributed by atoms with Gasteiger partial charge < -0.3 is 15.0 Å². The average Bonchev–Trinajstić information content (AvgIpc) is 2.91. The topological polar surface area (TPSA) is 73.4 Å². The fraction of sp³-hybridized carbons (Fsp3) is 0.412. The van der Waals surface area contributed by atoms with E-state index in [4.69, 9.17) is 0 Å². The van der Waals surface area contributed by atoms with Crippen molar-refractivity contribution < 1.29 is 14.7 Å². The molecule has 1 aromatic carbocycles. The Balaban J connectivity index is 1.85. The van der Waals surface area contributed by atoms with Crippen LogP contribution in [0.1, 0.15) is 30.4 Å². The fourth-order valence-electron chi connectivity index (χ4n) is 3.34. The fourth-order valence-corrected chi connectivity index (χ4v) is 3.34. The first-order chi connectivity index (χ1) is 10.6. The highest BCUT2D eigenvalue weighted by Crippen LogP contribution is 2.24. The number of carbonyl (C=O) groups excluding carboxylic acids is 1. The molecule has 1 saturated heterocycles. The van der Waals surface area contributed by atoms with Gasteiger partial charge in [-0.05, 0) is 43.4 Å². The molecule has 5 heteroatoms. The lowest BCUT2D eigenvalue weighted by atomic mass is 10.00. The predicted molar refractivity (Wildman–Crippen MR) is 83.7 cm³/mol. The van der Waals surface area contributed by atoms with Crippen LogP contribution < -0.4 is 0 Å². The summed E-state index contributed by atoms with van der Waals surface area (Å²) in [6.45, 7) is 2.56. The first-order valence-electron chi connectivity index (χ1n) is 7.66. The lowest BCUT2D eigenvalue weighted by Gasteiger charge is -2.33. The van der Waals surface area contributed by atoms with Gasteiger partial charge in [-0.15, -0.1) is 0 Å². The molecule has 1 unspecified atom stereocenters. The van der Waals surface area contributed by atoms with Crippen LogP contribution in [0.2, 0.25) is 0 Å². The van der Waals surface area contributed by atoms with E-state index in [2.05, 4.69) is 4.98 Å². The van der Waals surface area contributed by atoms with Gasteiger partial charge in [0.1, 0.15) is 6.04 Å². The van der Waals surface area contributed by atoms with Gasteiger partial charge in [0, 0.05) is 23.6 Å². The van der Waals surface area contributed by atoms with Crippen LogP contribution in [0.4, 0.5) is 0 Å². The Morgan fingerprint density at radius 3 is 2.95 bits per heavy atom. The summed E-state index contributed by atoms with van der Waals surface area (Å²) < 4.78 is 0. The van der Waals surface area contributed by atoms with Crippen LogP contribution in [0.15, 0.2) is 24.4 Å². The standard InChI is InChI=1S/C17H20N2O3/c1-11-5-4-6-13-16(11)12(10-18-13)9-15(20)19-8-3-2-7-14(19)17(21)22/h4-6,10,14,18H,2-3,7-9H2,1H3,(H,21,22). The quantitative estimate of drug-likeness (QED) is 0.914. The van der Waals surface area contributed by atoms with Gasteiger partial charge in [0.25, 0.3) is 0 Å². The van der Waals surface area contributed by atoms with Crippen molar-refractivity contribution in [2.45, 2.75) is 38.6 Å². The maximum atomic E-state index is 12.6. The van der Waals surface area contributed by atoms with Gasteiger partial charge in [-0.1, -0.05) is 12.1 Å². The number of aromatic nitrogens is 1. The van der Waals surface area contributed by atoms with Crippen LogP contribution in [0.3, 0.4) is 0 Å². The van der Waals surface area contributed by atoms with Crippen LogP contribution in [-0.2, 0) is 16.0 Å². The molecule has 1 atom stereocenters. The average molecular weight is 300 g/mol. The largest absolute Gasteiger partial charge is 0.480 e. The second kappa shape index (κ2) is 5.83. The highest BCUT2D eigenvalue weighted by molar-refractivity contribution is 5.92. The van der Waals surface area contributed by atoms with Crippen molar-refractivity contribution in [3.05, 3.63) is 35.5 Å². The van der Waals surface area contributed by atoms with E-state index < -0.39 is 12.0 Å². The number of piperidine rings is 1. The SMILES string of the molecule is Cc1cccc2[nH]cc(CC(=O)N3CCCCC3C(=O)O)c12. The second-order valence-corrected chi connectivity index (χ2v) is 5.93. The minimum atomic E-state index is -0.900. The maximum absolute atomic E-state index is 12.6. The number of carbonyl (C=O) groups is 2. The van der Waals surface area contributed by atoms with Crippen LogP contribution >= 0.6 is 0 Å². The molecule has 5 nitrogen and oxygen atoms in total. The second-order valence-electron chi connectivity index (χ2n) is 5.93. The zero-order valence-corrected chi connectivity index (χ0v) is 12.6. The number of carboxylic acids is 1. The third kappa shape index (κ3) is 2.58. The molecule has 2 N–H and O–H groups in total. The van der Waals surface area contributed by atoms with Crippen molar-refractivity contribution in [2.24, 2.45) is 0 Å². The number of rotatable bonds is 3. The van der Waals surface area contributed by atoms with Gasteiger partial charge in [-0.25, -0.2) is 4.79 Å². The Bertz CT molecular complexity index is 720. The molecule has 1 aliphatic rings. The number of nitrogens with zero attached hydrogens (tertiary/aromatic N) is 1. The molecule has 1 fully saturated rings. The molecule has 0 radical (unpaired) electrons. The highest BCUT2D eigenvalue weighted by atomic mass is 16.4. The Kier molecular flexibility index (Phi) is 3.88. The van der Waals surface area contributed by atoms with Crippen LogP contribution in [0.25, 0.3) is 10.9 Å². The number of benzene rings is 1. The molecule has 1 aliphatic heterocycles. The number of hydrogen-bond donors (Lipinski definition) is 2. The lowest BCUT2D eigenvalue weighted by molar-refractivity contribution is -0.151. The third-order valence-electron chi connectivity index (χ3n) is 4.45. The van der Waals surface area contributed by atoms with E-state index in [1.165, 1.54) is 4.90 Å². The number of aromatic amines is 1. The van der Waals surface area contributed by atoms with Gasteiger partial charge in [-0.2, -0.15) is 0 Å². The Labute approximate surface area is 128 Å². The number of H-pyrrole nitrogens is 1. The summed E-state index contributed by atoms with van der Waals surface area (Å²) in [7, 11) is 0. The summed E-state index contributed by atoms with van der Waals surface area (Å²) in [5.74, 6) is -1.00. The van der Waals surface area contributed by atoms with E-state index in [-0.39, 0.29) is 12.3 Å². The normalized spacial score (nSPS) is 18.6. The summed E-state index contributed by atoms with van der Waals surface area (Å²) in [6.07, 6.45) is 4.40. The molecular weight excluding hydrogens is 280 g/mol. The summed E-state index contributed by atoms with van der Waals surface area (Å²) in [5, 5.41) is 10.4. The number of fused-ring (bicyclic) bond motifs is 1. The van der Waals surface area contributed by atoms with Crippen LogP contribution in [-0.4, -0.2) is 39.5 Å². The van der Waals surface area contributed by atoms with E-state index in [0.29, 0.717) is 13.0 Å². The summed E-state index contributed by atoms with van der Waals surface area (Å²) in [5.41, 5.74) is 3.07. The van der Waals surface area contributed by atoms with Crippen molar-refractivity contribution in [3.8, 4) is 0 Å². The Morgan fingerprint density at radius 1 is 1.36 bits per heavy atom. The molecule has 22 heavy (non-hydrogen) atoms. The van der Waals surface area contributed by atoms with Crippen molar-refractivity contribution in [1.82, 2.24) is 9.88 Å². The van der Waals surface area contributed by atoms with Gasteiger partial charge in [-0.3, -0.25) is 4.79 Å². The molecule has 2 aromatic rings. The number of nitrogens with one attached hydrogen (secondary N) is 1. The van der Waals surface area contributed by atoms with Crippen molar-refractivity contribution in [1.29, 1.82) is 0 Å². The molecule has 0 aliphatic carbocycles. The molecule has 116 valence electrons. The maximum Gasteiger partial charge on any atom is 0.326 e. The number of carboxylic acid groups (broad SMARTS) is 1. The number of amides is 1. The van der Waals surface area contributed by atoms with Gasteiger partial charge in [0.15, 0.2) is 0 Å². The molecule has 0 bridgehead atoms. The molecule has 0 spiro atoms. The summed E-state index contributed by atoms with van der Waals surface area (Å²) >= 11 is 0. The zero-order chi connectivity index (χ0) is 15.7. The summed E-state index contributed by atoms with van der Waals surface area (Å²) in [4.78, 5) is 28.6.